The van der Waals surface area contributed by atoms with Gasteiger partial charge in [-0.1, -0.05) is 6.58 Å². The predicted octanol–water partition coefficient (Wildman–Crippen LogP) is 2.51. The van der Waals surface area contributed by atoms with Crippen LogP contribution in [0, 0.1) is 0 Å². The zero-order valence-corrected chi connectivity index (χ0v) is 8.68. The molecule has 0 bridgehead atoms. The summed E-state index contributed by atoms with van der Waals surface area (Å²) >= 11 is 0. The van der Waals surface area contributed by atoms with Crippen LogP contribution in [0.4, 0.5) is 0 Å². The molecule has 0 spiro atoms. The van der Waals surface area contributed by atoms with E-state index >= 15 is 0 Å². The summed E-state index contributed by atoms with van der Waals surface area (Å²) in [6.45, 7) is 9.97. The molecule has 0 saturated heterocycles. The standard InChI is InChI=1S/C8H16O2Si/c1-8(9-2)6-7-10-11(3,4)5/h6-7H,1H2,2-5H3/b7-6+. The third kappa shape index (κ3) is 7.19. The van der Waals surface area contributed by atoms with Crippen molar-refractivity contribution in [3.63, 3.8) is 0 Å². The average molecular weight is 172 g/mol. The van der Waals surface area contributed by atoms with Crippen molar-refractivity contribution in [1.82, 2.24) is 0 Å². The number of ether oxygens (including phenoxy) is 1. The largest absolute Gasteiger partial charge is 0.550 e. The van der Waals surface area contributed by atoms with Crippen molar-refractivity contribution in [3.05, 3.63) is 24.7 Å². The molecule has 0 heterocycles. The maximum atomic E-state index is 5.42. The number of methoxy groups -OCH3 is 1. The molecule has 2 nitrogen and oxygen atoms in total. The molecule has 0 unspecified atom stereocenters. The fourth-order valence-electron chi connectivity index (χ4n) is 0.382. The summed E-state index contributed by atoms with van der Waals surface area (Å²) < 4.78 is 10.2. The topological polar surface area (TPSA) is 18.5 Å². The molecule has 0 rings (SSSR count). The molecule has 0 amide bonds. The van der Waals surface area contributed by atoms with Crippen LogP contribution in [0.25, 0.3) is 0 Å². The number of hydrogen-bond donors (Lipinski definition) is 0. The van der Waals surface area contributed by atoms with Crippen molar-refractivity contribution >= 4 is 8.32 Å². The first-order valence-corrected chi connectivity index (χ1v) is 6.94. The molecule has 3 heteroatoms. The summed E-state index contributed by atoms with van der Waals surface area (Å²) in [5.41, 5.74) is 0. The smallest absolute Gasteiger partial charge is 0.241 e. The summed E-state index contributed by atoms with van der Waals surface area (Å²) in [5.74, 6) is 0.614. The molecule has 0 aliphatic heterocycles. The predicted molar refractivity (Wildman–Crippen MR) is 49.7 cm³/mol. The molecule has 0 saturated carbocycles. The van der Waals surface area contributed by atoms with Crippen LogP contribution in [0.1, 0.15) is 0 Å². The van der Waals surface area contributed by atoms with Crippen LogP contribution in [0.5, 0.6) is 0 Å². The summed E-state index contributed by atoms with van der Waals surface area (Å²) in [7, 11) is 0.164. The van der Waals surface area contributed by atoms with Gasteiger partial charge in [-0.3, -0.25) is 0 Å². The fraction of sp³-hybridized carbons (Fsp3) is 0.500. The second kappa shape index (κ2) is 4.23. The molecule has 0 radical (unpaired) electrons. The molecule has 11 heavy (non-hydrogen) atoms. The van der Waals surface area contributed by atoms with Crippen molar-refractivity contribution in [1.29, 1.82) is 0 Å². The van der Waals surface area contributed by atoms with Gasteiger partial charge in [0.25, 0.3) is 0 Å². The van der Waals surface area contributed by atoms with Gasteiger partial charge in [-0.2, -0.15) is 0 Å². The Balaban J connectivity index is 3.70. The van der Waals surface area contributed by atoms with E-state index in [0.29, 0.717) is 5.76 Å². The van der Waals surface area contributed by atoms with E-state index in [2.05, 4.69) is 26.2 Å². The lowest BCUT2D eigenvalue weighted by atomic mass is 10.5. The molecule has 0 N–H and O–H groups in total. The molecular formula is C8H16O2Si. The van der Waals surface area contributed by atoms with Crippen LogP contribution < -0.4 is 0 Å². The molecule has 64 valence electrons. The zero-order chi connectivity index (χ0) is 8.91. The van der Waals surface area contributed by atoms with E-state index < -0.39 is 8.32 Å². The van der Waals surface area contributed by atoms with Crippen molar-refractivity contribution in [3.8, 4) is 0 Å². The van der Waals surface area contributed by atoms with Gasteiger partial charge in [-0.05, 0) is 19.6 Å². The normalized spacial score (nSPS) is 11.6. The van der Waals surface area contributed by atoms with Gasteiger partial charge < -0.3 is 9.16 Å². The molecule has 0 aliphatic carbocycles. The minimum absolute atomic E-state index is 0.614. The highest BCUT2D eigenvalue weighted by Gasteiger charge is 2.12. The van der Waals surface area contributed by atoms with E-state index in [4.69, 9.17) is 9.16 Å². The third-order valence-electron chi connectivity index (χ3n) is 0.938. The first-order valence-electron chi connectivity index (χ1n) is 3.53. The Hall–Kier alpha value is -0.703. The highest BCUT2D eigenvalue weighted by Crippen LogP contribution is 2.03. The molecule has 0 atom stereocenters. The van der Waals surface area contributed by atoms with Crippen LogP contribution in [-0.2, 0) is 9.16 Å². The SMILES string of the molecule is C=C(/C=C/O[Si](C)(C)C)OC. The van der Waals surface area contributed by atoms with Gasteiger partial charge in [0.2, 0.25) is 8.32 Å². The van der Waals surface area contributed by atoms with Gasteiger partial charge in [0, 0.05) is 6.08 Å². The Labute approximate surface area is 69.6 Å². The van der Waals surface area contributed by atoms with Gasteiger partial charge >= 0.3 is 0 Å². The second-order valence-corrected chi connectivity index (χ2v) is 7.66. The van der Waals surface area contributed by atoms with Crippen molar-refractivity contribution in [2.45, 2.75) is 19.6 Å². The summed E-state index contributed by atoms with van der Waals surface area (Å²) in [6, 6.07) is 0. The van der Waals surface area contributed by atoms with Crippen LogP contribution in [0.15, 0.2) is 24.7 Å². The number of hydrogen-bond acceptors (Lipinski definition) is 2. The minimum atomic E-state index is -1.42. The van der Waals surface area contributed by atoms with Crippen LogP contribution in [-0.4, -0.2) is 15.4 Å². The molecule has 0 fully saturated rings. The Morgan fingerprint density at radius 1 is 1.36 bits per heavy atom. The molecule has 0 aromatic carbocycles. The lowest BCUT2D eigenvalue weighted by Crippen LogP contribution is -2.21. The van der Waals surface area contributed by atoms with Gasteiger partial charge in [0.1, 0.15) is 5.76 Å². The number of rotatable bonds is 4. The Morgan fingerprint density at radius 3 is 2.27 bits per heavy atom. The highest BCUT2D eigenvalue weighted by atomic mass is 28.4. The van der Waals surface area contributed by atoms with E-state index in [0.717, 1.165) is 0 Å². The van der Waals surface area contributed by atoms with Crippen molar-refractivity contribution in [2.24, 2.45) is 0 Å². The fourth-order valence-corrected chi connectivity index (χ4v) is 0.858. The van der Waals surface area contributed by atoms with E-state index in [1.165, 1.54) is 0 Å². The van der Waals surface area contributed by atoms with Gasteiger partial charge in [0.15, 0.2) is 0 Å². The van der Waals surface area contributed by atoms with Crippen molar-refractivity contribution < 1.29 is 9.16 Å². The van der Waals surface area contributed by atoms with E-state index in [9.17, 15) is 0 Å². The Kier molecular flexibility index (Phi) is 3.96. The minimum Gasteiger partial charge on any atom is -0.550 e. The van der Waals surface area contributed by atoms with Crippen LogP contribution in [0.3, 0.4) is 0 Å². The molecule has 0 aliphatic rings. The van der Waals surface area contributed by atoms with Crippen molar-refractivity contribution in [2.75, 3.05) is 7.11 Å². The van der Waals surface area contributed by atoms with Gasteiger partial charge in [-0.15, -0.1) is 0 Å². The third-order valence-corrected chi connectivity index (χ3v) is 1.78. The van der Waals surface area contributed by atoms with E-state index in [-0.39, 0.29) is 0 Å². The second-order valence-electron chi connectivity index (χ2n) is 3.20. The van der Waals surface area contributed by atoms with Crippen LogP contribution in [0.2, 0.25) is 19.6 Å². The first kappa shape index (κ1) is 10.3. The molecule has 0 aromatic rings. The Morgan fingerprint density at radius 2 is 1.91 bits per heavy atom. The summed E-state index contributed by atoms with van der Waals surface area (Å²) in [6.07, 6.45) is 3.37. The van der Waals surface area contributed by atoms with E-state index in [1.807, 2.05) is 0 Å². The van der Waals surface area contributed by atoms with Gasteiger partial charge in [0.05, 0.1) is 13.4 Å². The highest BCUT2D eigenvalue weighted by molar-refractivity contribution is 6.69. The van der Waals surface area contributed by atoms with Crippen LogP contribution >= 0.6 is 0 Å². The van der Waals surface area contributed by atoms with E-state index in [1.54, 1.807) is 19.4 Å². The number of allylic oxidation sites excluding steroid dienone is 1. The van der Waals surface area contributed by atoms with Gasteiger partial charge in [-0.25, -0.2) is 0 Å². The lowest BCUT2D eigenvalue weighted by Gasteiger charge is -2.14. The molecule has 0 aromatic heterocycles. The Bertz CT molecular complexity index is 156. The quantitative estimate of drug-likeness (QED) is 0.368. The zero-order valence-electron chi connectivity index (χ0n) is 7.68. The molecular weight excluding hydrogens is 156 g/mol. The first-order chi connectivity index (χ1) is 4.95. The average Bonchev–Trinajstić information content (AvgIpc) is 1.85. The monoisotopic (exact) mass is 172 g/mol. The lowest BCUT2D eigenvalue weighted by molar-refractivity contribution is 0.306. The maximum absolute atomic E-state index is 5.42. The summed E-state index contributed by atoms with van der Waals surface area (Å²) in [5, 5.41) is 0. The maximum Gasteiger partial charge on any atom is 0.241 e. The summed E-state index contributed by atoms with van der Waals surface area (Å²) in [4.78, 5) is 0.